The highest BCUT2D eigenvalue weighted by Crippen LogP contribution is 2.46. The van der Waals surface area contributed by atoms with Crippen molar-refractivity contribution in [2.45, 2.75) is 56.9 Å². The van der Waals surface area contributed by atoms with E-state index in [1.807, 2.05) is 4.90 Å². The van der Waals surface area contributed by atoms with Crippen molar-refractivity contribution in [1.29, 1.82) is 0 Å². The highest BCUT2D eigenvalue weighted by molar-refractivity contribution is 7.15. The molecule has 6 rings (SSSR count). The van der Waals surface area contributed by atoms with Crippen molar-refractivity contribution in [1.82, 2.24) is 20.0 Å². The number of amides is 2. The third kappa shape index (κ3) is 5.05. The molecule has 1 saturated heterocycles. The lowest BCUT2D eigenvalue weighted by atomic mass is 9.90. The molecule has 0 unspecified atom stereocenters. The van der Waals surface area contributed by atoms with E-state index in [-0.39, 0.29) is 30.7 Å². The van der Waals surface area contributed by atoms with Gasteiger partial charge in [0, 0.05) is 44.9 Å². The molecule has 2 fully saturated rings. The number of hydrogen-bond donors (Lipinski definition) is 1. The second-order valence-electron chi connectivity index (χ2n) is 10.3. The van der Waals surface area contributed by atoms with Crippen molar-refractivity contribution >= 4 is 28.3 Å². The Kier molecular flexibility index (Phi) is 7.02. The fourth-order valence-electron chi connectivity index (χ4n) is 6.11. The standard InChI is InChI=1S/C29H33N5O2S/c35-25(30-29-32-31-28(37-29)20-8-2-1-3-9-20)14-15-26(36)33-16-18-34(19-17-33)27-23-12-6-4-10-21(23)22-11-5-7-13-24(22)27/h4-7,10-13,20,27H,1-3,8-9,14-19H2,(H,30,32,35). The minimum Gasteiger partial charge on any atom is -0.340 e. The average Bonchev–Trinajstić information content (AvgIpc) is 3.55. The number of benzene rings is 2. The summed E-state index contributed by atoms with van der Waals surface area (Å²) in [4.78, 5) is 29.8. The SMILES string of the molecule is O=C(CCC(=O)N1CCN(C2c3ccccc3-c3ccccc32)CC1)Nc1nnc(C2CCCCC2)s1. The van der Waals surface area contributed by atoms with Crippen LogP contribution in [0.2, 0.25) is 0 Å². The molecule has 2 heterocycles. The molecule has 0 atom stereocenters. The fourth-order valence-corrected chi connectivity index (χ4v) is 7.04. The van der Waals surface area contributed by atoms with Crippen LogP contribution in [0.3, 0.4) is 0 Å². The number of carbonyl (C=O) groups excluding carboxylic acids is 2. The van der Waals surface area contributed by atoms with Gasteiger partial charge in [-0.15, -0.1) is 10.2 Å². The molecule has 1 saturated carbocycles. The minimum absolute atomic E-state index is 0.0437. The van der Waals surface area contributed by atoms with Crippen LogP contribution in [0.1, 0.15) is 73.0 Å². The fraction of sp³-hybridized carbons (Fsp3) is 0.448. The van der Waals surface area contributed by atoms with E-state index >= 15 is 0 Å². The van der Waals surface area contributed by atoms with Gasteiger partial charge in [-0.2, -0.15) is 0 Å². The Balaban J connectivity index is 0.999. The van der Waals surface area contributed by atoms with Gasteiger partial charge in [-0.3, -0.25) is 14.5 Å². The van der Waals surface area contributed by atoms with Gasteiger partial charge in [-0.05, 0) is 35.1 Å². The molecule has 8 heteroatoms. The van der Waals surface area contributed by atoms with Crippen molar-refractivity contribution in [2.75, 3.05) is 31.5 Å². The second kappa shape index (κ2) is 10.7. The van der Waals surface area contributed by atoms with Gasteiger partial charge >= 0.3 is 0 Å². The van der Waals surface area contributed by atoms with Gasteiger partial charge in [0.1, 0.15) is 5.01 Å². The Morgan fingerprint density at radius 1 is 0.838 bits per heavy atom. The van der Waals surface area contributed by atoms with Crippen LogP contribution in [0.5, 0.6) is 0 Å². The minimum atomic E-state index is -0.169. The lowest BCUT2D eigenvalue weighted by molar-refractivity contribution is -0.134. The molecule has 37 heavy (non-hydrogen) atoms. The predicted molar refractivity (Wildman–Crippen MR) is 145 cm³/mol. The molecule has 2 aromatic carbocycles. The first-order chi connectivity index (χ1) is 18.2. The first-order valence-corrected chi connectivity index (χ1v) is 14.3. The van der Waals surface area contributed by atoms with Crippen LogP contribution >= 0.6 is 11.3 Å². The van der Waals surface area contributed by atoms with Gasteiger partial charge in [0.05, 0.1) is 6.04 Å². The van der Waals surface area contributed by atoms with Crippen LogP contribution in [-0.2, 0) is 9.59 Å². The maximum atomic E-state index is 12.9. The summed E-state index contributed by atoms with van der Waals surface area (Å²) < 4.78 is 0. The van der Waals surface area contributed by atoms with Gasteiger partial charge in [0.15, 0.2) is 0 Å². The van der Waals surface area contributed by atoms with Gasteiger partial charge in [-0.1, -0.05) is 79.1 Å². The number of carbonyl (C=O) groups is 2. The summed E-state index contributed by atoms with van der Waals surface area (Å²) in [5.41, 5.74) is 5.33. The first kappa shape index (κ1) is 24.2. The van der Waals surface area contributed by atoms with Crippen LogP contribution in [0.15, 0.2) is 48.5 Å². The van der Waals surface area contributed by atoms with Crippen molar-refractivity contribution in [3.8, 4) is 11.1 Å². The maximum absolute atomic E-state index is 12.9. The number of fused-ring (bicyclic) bond motifs is 3. The molecule has 3 aliphatic rings. The summed E-state index contributed by atoms with van der Waals surface area (Å²) in [5, 5.41) is 12.9. The predicted octanol–water partition coefficient (Wildman–Crippen LogP) is 5.22. The number of hydrogen-bond acceptors (Lipinski definition) is 6. The summed E-state index contributed by atoms with van der Waals surface area (Å²) in [6, 6.07) is 17.5. The lowest BCUT2D eigenvalue weighted by Crippen LogP contribution is -2.49. The van der Waals surface area contributed by atoms with E-state index in [9.17, 15) is 9.59 Å². The maximum Gasteiger partial charge on any atom is 0.226 e. The molecule has 192 valence electrons. The zero-order valence-electron chi connectivity index (χ0n) is 21.1. The normalized spacial score (nSPS) is 18.4. The van der Waals surface area contributed by atoms with E-state index in [1.54, 1.807) is 0 Å². The molecule has 0 spiro atoms. The summed E-state index contributed by atoms with van der Waals surface area (Å²) in [6.07, 6.45) is 6.47. The largest absolute Gasteiger partial charge is 0.340 e. The van der Waals surface area contributed by atoms with Gasteiger partial charge in [0.2, 0.25) is 16.9 Å². The molecule has 1 aliphatic heterocycles. The number of rotatable bonds is 6. The number of nitrogens with one attached hydrogen (secondary N) is 1. The molecule has 0 radical (unpaired) electrons. The van der Waals surface area contributed by atoms with E-state index in [0.29, 0.717) is 24.1 Å². The smallest absolute Gasteiger partial charge is 0.226 e. The third-order valence-electron chi connectivity index (χ3n) is 8.04. The van der Waals surface area contributed by atoms with Crippen molar-refractivity contribution in [3.63, 3.8) is 0 Å². The number of nitrogens with zero attached hydrogens (tertiary/aromatic N) is 4. The van der Waals surface area contributed by atoms with Crippen molar-refractivity contribution in [3.05, 3.63) is 64.7 Å². The van der Waals surface area contributed by atoms with Gasteiger partial charge in [0.25, 0.3) is 0 Å². The average molecular weight is 516 g/mol. The zero-order chi connectivity index (χ0) is 25.2. The molecule has 7 nitrogen and oxygen atoms in total. The van der Waals surface area contributed by atoms with E-state index in [4.69, 9.17) is 0 Å². The highest BCUT2D eigenvalue weighted by Gasteiger charge is 2.34. The van der Waals surface area contributed by atoms with E-state index in [1.165, 1.54) is 52.9 Å². The molecular formula is C29H33N5O2S. The van der Waals surface area contributed by atoms with Gasteiger partial charge in [-0.25, -0.2) is 0 Å². The Labute approximate surface area is 221 Å². The monoisotopic (exact) mass is 515 g/mol. The van der Waals surface area contributed by atoms with Crippen molar-refractivity contribution < 1.29 is 9.59 Å². The summed E-state index contributed by atoms with van der Waals surface area (Å²) >= 11 is 1.48. The highest BCUT2D eigenvalue weighted by atomic mass is 32.1. The molecule has 1 aromatic heterocycles. The Morgan fingerprint density at radius 2 is 1.49 bits per heavy atom. The first-order valence-electron chi connectivity index (χ1n) is 13.5. The third-order valence-corrected chi connectivity index (χ3v) is 9.04. The lowest BCUT2D eigenvalue weighted by Gasteiger charge is -2.38. The number of piperazine rings is 1. The molecular weight excluding hydrogens is 482 g/mol. The van der Waals surface area contributed by atoms with Crippen molar-refractivity contribution in [2.24, 2.45) is 0 Å². The van der Waals surface area contributed by atoms with E-state index < -0.39 is 0 Å². The Morgan fingerprint density at radius 3 is 2.16 bits per heavy atom. The topological polar surface area (TPSA) is 78.4 Å². The number of anilines is 1. The molecule has 1 N–H and O–H groups in total. The summed E-state index contributed by atoms with van der Waals surface area (Å²) in [6.45, 7) is 3.00. The van der Waals surface area contributed by atoms with Crippen LogP contribution < -0.4 is 5.32 Å². The van der Waals surface area contributed by atoms with Crippen LogP contribution in [0.4, 0.5) is 5.13 Å². The van der Waals surface area contributed by atoms with Crippen LogP contribution in [-0.4, -0.2) is 58.0 Å². The van der Waals surface area contributed by atoms with Crippen LogP contribution in [0, 0.1) is 0 Å². The van der Waals surface area contributed by atoms with Crippen LogP contribution in [0.25, 0.3) is 11.1 Å². The van der Waals surface area contributed by atoms with Gasteiger partial charge < -0.3 is 10.2 Å². The Bertz CT molecular complexity index is 1230. The summed E-state index contributed by atoms with van der Waals surface area (Å²) in [5.74, 6) is 0.350. The number of aromatic nitrogens is 2. The molecule has 2 aliphatic carbocycles. The molecule has 2 amide bonds. The quantitative estimate of drug-likeness (QED) is 0.487. The molecule has 3 aromatic rings. The second-order valence-corrected chi connectivity index (χ2v) is 11.3. The van der Waals surface area contributed by atoms with E-state index in [0.717, 1.165) is 30.9 Å². The Hall–Kier alpha value is -3.10. The summed E-state index contributed by atoms with van der Waals surface area (Å²) in [7, 11) is 0. The molecule has 0 bridgehead atoms. The van der Waals surface area contributed by atoms with E-state index in [2.05, 4.69) is 68.9 Å². The zero-order valence-corrected chi connectivity index (χ0v) is 21.9.